The van der Waals surface area contributed by atoms with Gasteiger partial charge in [-0.05, 0) is 26.9 Å². The number of hydrogen-bond acceptors (Lipinski definition) is 3. The van der Waals surface area contributed by atoms with Gasteiger partial charge in [-0.2, -0.15) is 0 Å². The van der Waals surface area contributed by atoms with E-state index < -0.39 is 0 Å². The fraction of sp³-hybridized carbons (Fsp3) is 1.00. The zero-order valence-corrected chi connectivity index (χ0v) is 9.17. The Balaban J connectivity index is 2.31. The largest absolute Gasteiger partial charge is 0.348 e. The van der Waals surface area contributed by atoms with E-state index in [4.69, 9.17) is 9.47 Å². The molecule has 1 aliphatic heterocycles. The van der Waals surface area contributed by atoms with Crippen LogP contribution in [0.5, 0.6) is 0 Å². The predicted molar refractivity (Wildman–Crippen MR) is 52.7 cm³/mol. The smallest absolute Gasteiger partial charge is 0.163 e. The van der Waals surface area contributed by atoms with E-state index in [9.17, 15) is 0 Å². The minimum atomic E-state index is -0.377. The summed E-state index contributed by atoms with van der Waals surface area (Å²) in [4.78, 5) is 2.36. The van der Waals surface area contributed by atoms with Crippen molar-refractivity contribution < 1.29 is 9.47 Å². The first-order valence-electron chi connectivity index (χ1n) is 5.11. The van der Waals surface area contributed by atoms with Crippen molar-refractivity contribution in [3.8, 4) is 0 Å². The Morgan fingerprint density at radius 1 is 1.31 bits per heavy atom. The summed E-state index contributed by atoms with van der Waals surface area (Å²) < 4.78 is 11.2. The van der Waals surface area contributed by atoms with Crippen molar-refractivity contribution in [3.05, 3.63) is 0 Å². The molecule has 0 aromatic rings. The Morgan fingerprint density at radius 3 is 2.31 bits per heavy atom. The average molecular weight is 187 g/mol. The van der Waals surface area contributed by atoms with Gasteiger partial charge >= 0.3 is 0 Å². The first-order valence-corrected chi connectivity index (χ1v) is 5.11. The van der Waals surface area contributed by atoms with Crippen LogP contribution in [-0.4, -0.2) is 43.0 Å². The van der Waals surface area contributed by atoms with E-state index >= 15 is 0 Å². The summed E-state index contributed by atoms with van der Waals surface area (Å²) in [5, 5.41) is 0. The highest BCUT2D eigenvalue weighted by Gasteiger charge is 2.32. The molecular weight excluding hydrogens is 166 g/mol. The van der Waals surface area contributed by atoms with Crippen LogP contribution in [0.25, 0.3) is 0 Å². The molecule has 1 saturated heterocycles. The Morgan fingerprint density at radius 2 is 1.92 bits per heavy atom. The molecule has 0 aromatic carbocycles. The molecule has 0 N–H and O–H groups in total. The van der Waals surface area contributed by atoms with Gasteiger partial charge in [-0.1, -0.05) is 13.8 Å². The monoisotopic (exact) mass is 187 g/mol. The van der Waals surface area contributed by atoms with E-state index in [-0.39, 0.29) is 11.9 Å². The number of rotatable bonds is 4. The number of likely N-dealkylation sites (N-methyl/N-ethyl adjacent to an activating group) is 1. The van der Waals surface area contributed by atoms with Gasteiger partial charge in [0.15, 0.2) is 5.79 Å². The van der Waals surface area contributed by atoms with Crippen molar-refractivity contribution in [1.82, 2.24) is 4.90 Å². The minimum absolute atomic E-state index is 0.245. The summed E-state index contributed by atoms with van der Waals surface area (Å²) in [7, 11) is 0. The van der Waals surface area contributed by atoms with E-state index in [0.717, 1.165) is 26.2 Å². The lowest BCUT2D eigenvalue weighted by Crippen LogP contribution is -2.34. The molecule has 1 fully saturated rings. The molecule has 0 spiro atoms. The molecule has 1 aliphatic rings. The van der Waals surface area contributed by atoms with Crippen molar-refractivity contribution in [2.24, 2.45) is 0 Å². The summed E-state index contributed by atoms with van der Waals surface area (Å²) in [6, 6.07) is 0. The fourth-order valence-corrected chi connectivity index (χ4v) is 1.62. The summed E-state index contributed by atoms with van der Waals surface area (Å²) >= 11 is 0. The van der Waals surface area contributed by atoms with Crippen LogP contribution >= 0.6 is 0 Å². The van der Waals surface area contributed by atoms with Gasteiger partial charge in [0.25, 0.3) is 0 Å². The van der Waals surface area contributed by atoms with E-state index in [1.807, 2.05) is 13.8 Å². The Labute approximate surface area is 81.0 Å². The quantitative estimate of drug-likeness (QED) is 0.665. The molecule has 1 rings (SSSR count). The van der Waals surface area contributed by atoms with Gasteiger partial charge in [-0.25, -0.2) is 0 Å². The summed E-state index contributed by atoms with van der Waals surface area (Å²) in [5.74, 6) is -0.377. The third-order valence-corrected chi connectivity index (χ3v) is 2.42. The topological polar surface area (TPSA) is 21.7 Å². The molecule has 1 atom stereocenters. The van der Waals surface area contributed by atoms with E-state index in [1.54, 1.807) is 0 Å². The molecular formula is C10H21NO2. The maximum absolute atomic E-state index is 5.72. The fourth-order valence-electron chi connectivity index (χ4n) is 1.62. The molecule has 13 heavy (non-hydrogen) atoms. The van der Waals surface area contributed by atoms with Gasteiger partial charge in [0.1, 0.15) is 0 Å². The second-order valence-corrected chi connectivity index (χ2v) is 3.94. The van der Waals surface area contributed by atoms with Gasteiger partial charge in [0.2, 0.25) is 0 Å². The van der Waals surface area contributed by atoms with Crippen molar-refractivity contribution in [2.45, 2.75) is 39.6 Å². The lowest BCUT2D eigenvalue weighted by Gasteiger charge is -2.22. The lowest BCUT2D eigenvalue weighted by molar-refractivity contribution is -0.140. The highest BCUT2D eigenvalue weighted by atomic mass is 16.7. The van der Waals surface area contributed by atoms with Crippen LogP contribution in [-0.2, 0) is 9.47 Å². The SMILES string of the molecule is CCN(CC)CC1COC(C)(C)O1. The molecule has 0 bridgehead atoms. The van der Waals surface area contributed by atoms with Crippen LogP contribution in [0.15, 0.2) is 0 Å². The second kappa shape index (κ2) is 4.40. The molecule has 0 aliphatic carbocycles. The third-order valence-electron chi connectivity index (χ3n) is 2.42. The Hall–Kier alpha value is -0.120. The van der Waals surface area contributed by atoms with Gasteiger partial charge < -0.3 is 14.4 Å². The highest BCUT2D eigenvalue weighted by molar-refractivity contribution is 4.73. The van der Waals surface area contributed by atoms with Crippen molar-refractivity contribution >= 4 is 0 Å². The van der Waals surface area contributed by atoms with Crippen LogP contribution in [0, 0.1) is 0 Å². The molecule has 0 aromatic heterocycles. The van der Waals surface area contributed by atoms with Crippen molar-refractivity contribution in [3.63, 3.8) is 0 Å². The van der Waals surface area contributed by atoms with Crippen LogP contribution in [0.4, 0.5) is 0 Å². The van der Waals surface area contributed by atoms with E-state index in [1.165, 1.54) is 0 Å². The Kier molecular flexibility index (Phi) is 3.71. The third kappa shape index (κ3) is 3.25. The summed E-state index contributed by atoms with van der Waals surface area (Å²) in [5.41, 5.74) is 0. The Bertz CT molecular complexity index is 155. The van der Waals surface area contributed by atoms with E-state index in [0.29, 0.717) is 0 Å². The van der Waals surface area contributed by atoms with Gasteiger partial charge in [-0.3, -0.25) is 0 Å². The number of nitrogens with zero attached hydrogens (tertiary/aromatic N) is 1. The highest BCUT2D eigenvalue weighted by Crippen LogP contribution is 2.22. The minimum Gasteiger partial charge on any atom is -0.348 e. The summed E-state index contributed by atoms with van der Waals surface area (Å²) in [6.45, 7) is 12.1. The first-order chi connectivity index (χ1) is 6.07. The zero-order valence-electron chi connectivity index (χ0n) is 9.17. The van der Waals surface area contributed by atoms with Gasteiger partial charge in [-0.15, -0.1) is 0 Å². The molecule has 3 heteroatoms. The molecule has 1 heterocycles. The lowest BCUT2D eigenvalue weighted by atomic mass is 10.3. The number of ether oxygens (including phenoxy) is 2. The second-order valence-electron chi connectivity index (χ2n) is 3.94. The van der Waals surface area contributed by atoms with E-state index in [2.05, 4.69) is 18.7 Å². The standard InChI is InChI=1S/C10H21NO2/c1-5-11(6-2)7-9-8-12-10(3,4)13-9/h9H,5-8H2,1-4H3. The van der Waals surface area contributed by atoms with Gasteiger partial charge in [0.05, 0.1) is 12.7 Å². The molecule has 0 saturated carbocycles. The summed E-state index contributed by atoms with van der Waals surface area (Å²) in [6.07, 6.45) is 0.245. The molecule has 3 nitrogen and oxygen atoms in total. The molecule has 78 valence electrons. The molecule has 1 unspecified atom stereocenters. The predicted octanol–water partition coefficient (Wildman–Crippen LogP) is 1.48. The maximum atomic E-state index is 5.72. The average Bonchev–Trinajstić information content (AvgIpc) is 2.41. The van der Waals surface area contributed by atoms with Crippen LogP contribution in [0.2, 0.25) is 0 Å². The van der Waals surface area contributed by atoms with Crippen molar-refractivity contribution in [1.29, 1.82) is 0 Å². The number of hydrogen-bond donors (Lipinski definition) is 0. The van der Waals surface area contributed by atoms with Crippen molar-refractivity contribution in [2.75, 3.05) is 26.2 Å². The zero-order chi connectivity index (χ0) is 9.90. The van der Waals surface area contributed by atoms with Crippen LogP contribution in [0.3, 0.4) is 0 Å². The molecule has 0 amide bonds. The first kappa shape index (κ1) is 11.0. The molecule has 0 radical (unpaired) electrons. The van der Waals surface area contributed by atoms with Gasteiger partial charge in [0, 0.05) is 6.54 Å². The normalized spacial score (nSPS) is 27.0. The van der Waals surface area contributed by atoms with Crippen LogP contribution < -0.4 is 0 Å². The maximum Gasteiger partial charge on any atom is 0.163 e. The van der Waals surface area contributed by atoms with Crippen LogP contribution in [0.1, 0.15) is 27.7 Å².